The van der Waals surface area contributed by atoms with Crippen LogP contribution in [0.1, 0.15) is 150 Å². The number of carbonyl (C=O) groups excluding carboxylic acids is 7. The number of aliphatic imine (C=N–C) groups is 3. The van der Waals surface area contributed by atoms with E-state index in [1.807, 2.05) is 80.5 Å². The Labute approximate surface area is 557 Å². The summed E-state index contributed by atoms with van der Waals surface area (Å²) in [6, 6.07) is 2.65. The van der Waals surface area contributed by atoms with Crippen LogP contribution in [0.15, 0.2) is 67.8 Å². The zero-order valence-electron chi connectivity index (χ0n) is 54.4. The molecule has 2 saturated heterocycles. The number of fused-ring (bicyclic) bond motifs is 7. The number of hydrogen-bond acceptors (Lipinski definition) is 18. The number of nitrogens with zero attached hydrogens (tertiary/aromatic N) is 6. The Hall–Kier alpha value is -6.24. The molecule has 6 aliphatic heterocycles. The molecule has 8 bridgehead atoms. The first-order valence-electron chi connectivity index (χ1n) is 30.5. The average molecular weight is 1380 g/mol. The number of hydrogen-bond donors (Lipinski definition) is 9. The van der Waals surface area contributed by atoms with E-state index < -0.39 is 143 Å². The molecule has 0 spiro atoms. The van der Waals surface area contributed by atoms with Crippen LogP contribution in [-0.4, -0.2) is 133 Å². The van der Waals surface area contributed by atoms with E-state index in [9.17, 15) is 53.2 Å². The van der Waals surface area contributed by atoms with Crippen molar-refractivity contribution >= 4 is 89.7 Å². The molecule has 1 unspecified atom stereocenters. The molecule has 7 heterocycles. The maximum absolute atomic E-state index is 14.4. The van der Waals surface area contributed by atoms with E-state index in [1.54, 1.807) is 6.92 Å². The molecule has 31 heteroatoms. The van der Waals surface area contributed by atoms with E-state index in [0.29, 0.717) is 56.4 Å². The van der Waals surface area contributed by atoms with E-state index in [1.165, 1.54) is 17.8 Å². The van der Waals surface area contributed by atoms with Crippen molar-refractivity contribution in [3.8, 4) is 0 Å². The van der Waals surface area contributed by atoms with Crippen LogP contribution in [0.5, 0.6) is 0 Å². The minimum atomic E-state index is -5.32. The van der Waals surface area contributed by atoms with E-state index in [4.69, 9.17) is 68.5 Å². The van der Waals surface area contributed by atoms with Gasteiger partial charge in [-0.05, 0) is 119 Å². The van der Waals surface area contributed by atoms with E-state index in [2.05, 4.69) is 10.3 Å². The van der Waals surface area contributed by atoms with Crippen molar-refractivity contribution in [1.82, 2.24) is 14.9 Å². The monoisotopic (exact) mass is 1380 g/mol. The van der Waals surface area contributed by atoms with Crippen LogP contribution in [0.4, 0.5) is 0 Å². The van der Waals surface area contributed by atoms with Crippen molar-refractivity contribution in [3.05, 3.63) is 69.2 Å². The van der Waals surface area contributed by atoms with E-state index in [-0.39, 0.29) is 112 Å². The number of phosphoric acid groups is 1. The number of aromatic nitrogens is 2. The number of amides is 7. The van der Waals surface area contributed by atoms with Gasteiger partial charge in [0.15, 0.2) is 6.23 Å². The third-order valence-corrected chi connectivity index (χ3v) is 21.6. The molecule has 2 aromatic rings. The summed E-state index contributed by atoms with van der Waals surface area (Å²) in [6.07, 6.45) is -4.79. The summed E-state index contributed by atoms with van der Waals surface area (Å²) in [5, 5.41) is 30.1. The van der Waals surface area contributed by atoms with Gasteiger partial charge in [0.25, 0.3) is 7.82 Å². The molecule has 1 aromatic carbocycles. The molecule has 1 aromatic heterocycles. The summed E-state index contributed by atoms with van der Waals surface area (Å²) >= 11 is 0. The number of nitrogens with two attached hydrogens (primary N) is 6. The van der Waals surface area contributed by atoms with Crippen molar-refractivity contribution in [2.75, 3.05) is 13.2 Å². The first-order valence-corrected chi connectivity index (χ1v) is 32.0. The minimum absolute atomic E-state index is 0. The number of benzene rings is 1. The number of carbonyl (C=O) groups is 7. The Balaban J connectivity index is 0.00000523. The van der Waals surface area contributed by atoms with Gasteiger partial charge >= 0.3 is 0 Å². The van der Waals surface area contributed by atoms with E-state index >= 15 is 0 Å². The molecule has 517 valence electrons. The maximum atomic E-state index is 14.4. The number of aliphatic hydroxyl groups excluding tert-OH is 2. The van der Waals surface area contributed by atoms with Crippen LogP contribution in [0.3, 0.4) is 0 Å². The molecule has 0 saturated carbocycles. The fourth-order valence-electron chi connectivity index (χ4n) is 15.3. The molecule has 17 N–H and O–H groups in total. The normalized spacial score (nSPS) is 33.1. The second-order valence-electron chi connectivity index (χ2n) is 27.0. The van der Waals surface area contributed by atoms with Crippen LogP contribution in [0, 0.1) is 59.2 Å². The average Bonchev–Trinajstić information content (AvgIpc) is 1.53. The quantitative estimate of drug-likeness (QED) is 0.0612. The van der Waals surface area contributed by atoms with Gasteiger partial charge in [-0.3, -0.25) is 53.1 Å². The van der Waals surface area contributed by atoms with Crippen molar-refractivity contribution in [2.24, 2.45) is 94.7 Å². The number of aliphatic hydroxyl groups is 2. The van der Waals surface area contributed by atoms with Crippen molar-refractivity contribution < 1.29 is 89.3 Å². The minimum Gasteiger partial charge on any atom is -0.756 e. The maximum Gasteiger partial charge on any atom is 0.268 e. The molecule has 93 heavy (non-hydrogen) atoms. The van der Waals surface area contributed by atoms with Gasteiger partial charge in [-0.15, -0.1) is 12.4 Å². The van der Waals surface area contributed by atoms with Gasteiger partial charge in [-0.25, -0.2) is 4.98 Å². The number of aryl methyl sites for hydroxylation is 2. The van der Waals surface area contributed by atoms with Gasteiger partial charge in [0.05, 0.1) is 41.3 Å². The number of phosphoric ester groups is 1. The summed E-state index contributed by atoms with van der Waals surface area (Å²) in [4.78, 5) is 128. The summed E-state index contributed by atoms with van der Waals surface area (Å²) < 4.78 is 31.9. The molecular weight excluding hydrogens is 1290 g/mol. The molecular formula is C62H91ClCoN13O15P-2. The Morgan fingerprint density at radius 3 is 1.95 bits per heavy atom. The van der Waals surface area contributed by atoms with Gasteiger partial charge in [0.2, 0.25) is 41.4 Å². The van der Waals surface area contributed by atoms with Gasteiger partial charge in [-0.2, -0.15) is 5.70 Å². The van der Waals surface area contributed by atoms with Crippen molar-refractivity contribution in [1.29, 1.82) is 0 Å². The zero-order chi connectivity index (χ0) is 66.7. The largest absolute Gasteiger partial charge is 0.756 e. The third kappa shape index (κ3) is 14.9. The SMILES string of the molecule is C/C1=C2/[N-][C@H]([C@H](CC(N)=O)[C@@]2(C)CCC(=O)NC[C@@H](C)OP(=O)([O-])O[C@H]2[C@@H](O)[C@@H](n3cnc4cc(C)c(C)cc43)O[C@@H]2CO)[C@]2(C)N=C(/C(C)=C3N=C(/C=C4N=C1[C@@H](CCC(N)=O)C\4(C)C)[C@@H](CCC(N)=O)[C@]\3(C)CC(N)=O)[C@@H](CCC(N)=O)[C@]2(C)CC(N)=O.Cl.O.[Co]. The number of halogens is 1. The number of rotatable bonds is 26. The van der Waals surface area contributed by atoms with Crippen LogP contribution >= 0.6 is 20.2 Å². The third-order valence-electron chi connectivity index (χ3n) is 20.5. The molecule has 7 amide bonds. The predicted octanol–water partition coefficient (Wildman–Crippen LogP) is 2.91. The Bertz CT molecular complexity index is 3550. The van der Waals surface area contributed by atoms with Crippen LogP contribution < -0.4 is 44.6 Å². The van der Waals surface area contributed by atoms with Gasteiger partial charge < -0.3 is 84.0 Å². The molecule has 2 fully saturated rings. The van der Waals surface area contributed by atoms with Gasteiger partial charge in [0, 0.05) is 125 Å². The van der Waals surface area contributed by atoms with Crippen molar-refractivity contribution in [3.63, 3.8) is 0 Å². The summed E-state index contributed by atoms with van der Waals surface area (Å²) in [7, 11) is -5.32. The molecule has 28 nitrogen and oxygen atoms in total. The summed E-state index contributed by atoms with van der Waals surface area (Å²) in [5.74, 6) is -7.40. The summed E-state index contributed by atoms with van der Waals surface area (Å²) in [5.41, 5.74) is 36.7. The second kappa shape index (κ2) is 29.0. The molecule has 6 aliphatic rings. The fraction of sp³-hybridized carbons (Fsp3) is 0.629. The summed E-state index contributed by atoms with van der Waals surface area (Å²) in [6.45, 7) is 19.0. The van der Waals surface area contributed by atoms with E-state index in [0.717, 1.165) is 11.1 Å². The molecule has 15 atom stereocenters. The topological polar surface area (TPSA) is 496 Å². The number of ether oxygens (including phenoxy) is 1. The Morgan fingerprint density at radius 1 is 0.796 bits per heavy atom. The number of allylic oxidation sites excluding steroid dienone is 6. The van der Waals surface area contributed by atoms with Gasteiger partial charge in [-0.1, -0.05) is 40.7 Å². The Morgan fingerprint density at radius 2 is 1.38 bits per heavy atom. The molecule has 1 radical (unpaired) electrons. The predicted molar refractivity (Wildman–Crippen MR) is 342 cm³/mol. The van der Waals surface area contributed by atoms with Crippen LogP contribution in [-0.2, 0) is 68.7 Å². The second-order valence-corrected chi connectivity index (χ2v) is 28.3. The van der Waals surface area contributed by atoms with Crippen LogP contribution in [0.25, 0.3) is 16.4 Å². The standard InChI is InChI=1S/C62H90N13O14P.ClH.Co.H2O/c1-29-20-39-40(21-30(29)2)75(28-70-39)57-52(84)53(41(27-76)87-57)89-90(85,86)88-31(3)26-69-49(83)18-19-59(8)37(22-46(66)80)56-62(11)61(10,25-48(68)82)36(14-17-45(65)79)51(74-62)33(5)55-60(9,24-47(67)81)34(12-15-43(63)77)38(71-55)23-42-58(6,7)35(13-16-44(64)78)50(72-42)32(4)54(59)73-56;;;/h20-21,23,28,31,34-37,41,52-53,56-57,76,84H,12-19,22,24-27H2,1-11H3,(H15,63,64,65,66,67,68,69,71,72,73,74,77,78,79,80,81,82,83,85,86);1H;;1H2/p-2/t31-,34-,35-,36-,37+,41-,52-,53-,56-,57+,59-,60+,61+,62+;;;/m1.../s1. The number of imidazole rings is 1. The van der Waals surface area contributed by atoms with Gasteiger partial charge in [0.1, 0.15) is 18.3 Å². The first-order chi connectivity index (χ1) is 41.8. The zero-order valence-corrected chi connectivity index (χ0v) is 57.2. The first kappa shape index (κ1) is 77.5. The molecule has 8 rings (SSSR count). The Kier molecular flexibility index (Phi) is 24.2. The van der Waals surface area contributed by atoms with Crippen LogP contribution in [0.2, 0.25) is 0 Å². The number of primary amides is 6. The molecule has 0 aliphatic carbocycles. The number of nitrogens with one attached hydrogen (secondary N) is 1. The smallest absolute Gasteiger partial charge is 0.268 e. The fourth-order valence-corrected chi connectivity index (χ4v) is 16.4. The van der Waals surface area contributed by atoms with Crippen molar-refractivity contribution in [2.45, 2.75) is 189 Å².